The minimum absolute atomic E-state index is 0.119. The SMILES string of the molecule is CC(C)(C)c1nc(N)cc(-c2cccnc2)n1. The molecule has 2 aromatic rings. The first-order valence-corrected chi connectivity index (χ1v) is 5.52. The van der Waals surface area contributed by atoms with E-state index in [9.17, 15) is 0 Å². The molecule has 4 heteroatoms. The van der Waals surface area contributed by atoms with Crippen LogP contribution < -0.4 is 5.73 Å². The molecule has 17 heavy (non-hydrogen) atoms. The third-order valence-electron chi connectivity index (χ3n) is 2.37. The molecule has 0 bridgehead atoms. The van der Waals surface area contributed by atoms with Gasteiger partial charge in [-0.1, -0.05) is 20.8 Å². The average Bonchev–Trinajstić information content (AvgIpc) is 2.28. The zero-order chi connectivity index (χ0) is 12.5. The highest BCUT2D eigenvalue weighted by Gasteiger charge is 2.18. The monoisotopic (exact) mass is 228 g/mol. The average molecular weight is 228 g/mol. The van der Waals surface area contributed by atoms with Gasteiger partial charge in [-0.15, -0.1) is 0 Å². The number of pyridine rings is 1. The predicted molar refractivity (Wildman–Crippen MR) is 68.4 cm³/mol. The third kappa shape index (κ3) is 2.58. The van der Waals surface area contributed by atoms with Crippen molar-refractivity contribution in [3.05, 3.63) is 36.4 Å². The van der Waals surface area contributed by atoms with Crippen LogP contribution in [0.5, 0.6) is 0 Å². The summed E-state index contributed by atoms with van der Waals surface area (Å²) in [4.78, 5) is 12.9. The maximum atomic E-state index is 5.82. The minimum Gasteiger partial charge on any atom is -0.384 e. The van der Waals surface area contributed by atoms with Crippen molar-refractivity contribution < 1.29 is 0 Å². The highest BCUT2D eigenvalue weighted by atomic mass is 15.0. The zero-order valence-electron chi connectivity index (χ0n) is 10.3. The highest BCUT2D eigenvalue weighted by molar-refractivity contribution is 5.60. The van der Waals surface area contributed by atoms with Crippen molar-refractivity contribution in [1.82, 2.24) is 15.0 Å². The van der Waals surface area contributed by atoms with Crippen LogP contribution in [-0.2, 0) is 5.41 Å². The Hall–Kier alpha value is -1.97. The summed E-state index contributed by atoms with van der Waals surface area (Å²) in [7, 11) is 0. The molecule has 0 atom stereocenters. The summed E-state index contributed by atoms with van der Waals surface area (Å²) in [6.45, 7) is 6.19. The van der Waals surface area contributed by atoms with E-state index in [4.69, 9.17) is 5.73 Å². The van der Waals surface area contributed by atoms with Gasteiger partial charge in [-0.25, -0.2) is 9.97 Å². The molecule has 0 aromatic carbocycles. The molecule has 88 valence electrons. The molecule has 0 aliphatic carbocycles. The van der Waals surface area contributed by atoms with Crippen molar-refractivity contribution in [2.24, 2.45) is 0 Å². The van der Waals surface area contributed by atoms with Gasteiger partial charge < -0.3 is 5.73 Å². The van der Waals surface area contributed by atoms with E-state index in [1.807, 2.05) is 12.1 Å². The Labute approximate surface area is 101 Å². The summed E-state index contributed by atoms with van der Waals surface area (Å²) in [5, 5.41) is 0. The second-order valence-corrected chi connectivity index (χ2v) is 4.99. The van der Waals surface area contributed by atoms with Gasteiger partial charge in [0.25, 0.3) is 0 Å². The summed E-state index contributed by atoms with van der Waals surface area (Å²) in [5.41, 5.74) is 7.47. The Morgan fingerprint density at radius 2 is 1.94 bits per heavy atom. The number of rotatable bonds is 1. The van der Waals surface area contributed by atoms with Gasteiger partial charge in [-0.2, -0.15) is 0 Å². The molecule has 0 saturated carbocycles. The lowest BCUT2D eigenvalue weighted by atomic mass is 9.95. The van der Waals surface area contributed by atoms with Crippen LogP contribution in [0, 0.1) is 0 Å². The Balaban J connectivity index is 2.54. The van der Waals surface area contributed by atoms with Crippen LogP contribution in [0.1, 0.15) is 26.6 Å². The van der Waals surface area contributed by atoms with Gasteiger partial charge in [0.1, 0.15) is 11.6 Å². The van der Waals surface area contributed by atoms with E-state index in [2.05, 4.69) is 35.7 Å². The second-order valence-electron chi connectivity index (χ2n) is 4.99. The fourth-order valence-corrected chi connectivity index (χ4v) is 1.46. The maximum absolute atomic E-state index is 5.82. The van der Waals surface area contributed by atoms with E-state index in [1.54, 1.807) is 18.5 Å². The Morgan fingerprint density at radius 3 is 2.53 bits per heavy atom. The Morgan fingerprint density at radius 1 is 1.18 bits per heavy atom. The number of nitrogens with zero attached hydrogens (tertiary/aromatic N) is 3. The second kappa shape index (κ2) is 4.13. The van der Waals surface area contributed by atoms with E-state index in [0.29, 0.717) is 5.82 Å². The van der Waals surface area contributed by atoms with Crippen molar-refractivity contribution in [2.45, 2.75) is 26.2 Å². The van der Waals surface area contributed by atoms with E-state index >= 15 is 0 Å². The van der Waals surface area contributed by atoms with Crippen molar-refractivity contribution in [3.63, 3.8) is 0 Å². The quantitative estimate of drug-likeness (QED) is 0.814. The number of nitrogens with two attached hydrogens (primary N) is 1. The summed E-state index contributed by atoms with van der Waals surface area (Å²) in [6.07, 6.45) is 3.51. The smallest absolute Gasteiger partial charge is 0.136 e. The number of hydrogen-bond donors (Lipinski definition) is 1. The fraction of sp³-hybridized carbons (Fsp3) is 0.308. The number of anilines is 1. The zero-order valence-corrected chi connectivity index (χ0v) is 10.3. The number of nitrogen functional groups attached to an aromatic ring is 1. The summed E-state index contributed by atoms with van der Waals surface area (Å²) in [6, 6.07) is 5.61. The van der Waals surface area contributed by atoms with Crippen LogP contribution in [0.2, 0.25) is 0 Å². The highest BCUT2D eigenvalue weighted by Crippen LogP contribution is 2.23. The first-order valence-electron chi connectivity index (χ1n) is 5.52. The molecule has 4 nitrogen and oxygen atoms in total. The molecule has 2 aromatic heterocycles. The predicted octanol–water partition coefficient (Wildman–Crippen LogP) is 2.42. The molecule has 2 N–H and O–H groups in total. The van der Waals surface area contributed by atoms with Crippen molar-refractivity contribution in [1.29, 1.82) is 0 Å². The van der Waals surface area contributed by atoms with Gasteiger partial charge in [0, 0.05) is 29.4 Å². The van der Waals surface area contributed by atoms with Crippen LogP contribution in [0.15, 0.2) is 30.6 Å². The molecule has 0 unspecified atom stereocenters. The van der Waals surface area contributed by atoms with E-state index in [1.165, 1.54) is 0 Å². The van der Waals surface area contributed by atoms with Crippen LogP contribution >= 0.6 is 0 Å². The van der Waals surface area contributed by atoms with Gasteiger partial charge in [0.15, 0.2) is 0 Å². The Bertz CT molecular complexity index is 515. The molecule has 0 spiro atoms. The summed E-state index contributed by atoms with van der Waals surface area (Å²) >= 11 is 0. The molecular formula is C13H16N4. The lowest BCUT2D eigenvalue weighted by molar-refractivity contribution is 0.547. The molecule has 0 aliphatic heterocycles. The largest absolute Gasteiger partial charge is 0.384 e. The van der Waals surface area contributed by atoms with Crippen LogP contribution in [0.3, 0.4) is 0 Å². The molecule has 0 aliphatic rings. The van der Waals surface area contributed by atoms with Crippen molar-refractivity contribution in [2.75, 3.05) is 5.73 Å². The van der Waals surface area contributed by atoms with Gasteiger partial charge in [0.2, 0.25) is 0 Å². The molecule has 0 saturated heterocycles. The van der Waals surface area contributed by atoms with E-state index in [0.717, 1.165) is 17.1 Å². The first-order chi connectivity index (χ1) is 7.97. The minimum atomic E-state index is -0.119. The van der Waals surface area contributed by atoms with Crippen LogP contribution in [-0.4, -0.2) is 15.0 Å². The summed E-state index contributed by atoms with van der Waals surface area (Å²) < 4.78 is 0. The van der Waals surface area contributed by atoms with Crippen molar-refractivity contribution in [3.8, 4) is 11.3 Å². The van der Waals surface area contributed by atoms with E-state index < -0.39 is 0 Å². The van der Waals surface area contributed by atoms with Gasteiger partial charge >= 0.3 is 0 Å². The number of aromatic nitrogens is 3. The van der Waals surface area contributed by atoms with Crippen LogP contribution in [0.4, 0.5) is 5.82 Å². The molecule has 2 rings (SSSR count). The lowest BCUT2D eigenvalue weighted by Crippen LogP contribution is -2.17. The standard InChI is InChI=1S/C13H16N4/c1-13(2,3)12-16-10(7-11(14)17-12)9-5-4-6-15-8-9/h4-8H,1-3H3,(H2,14,16,17). The topological polar surface area (TPSA) is 64.7 Å². The molecule has 0 amide bonds. The lowest BCUT2D eigenvalue weighted by Gasteiger charge is -2.17. The van der Waals surface area contributed by atoms with Crippen LogP contribution in [0.25, 0.3) is 11.3 Å². The van der Waals surface area contributed by atoms with Gasteiger partial charge in [-0.05, 0) is 12.1 Å². The molecule has 0 radical (unpaired) electrons. The van der Waals surface area contributed by atoms with Gasteiger partial charge in [0.05, 0.1) is 5.69 Å². The first kappa shape index (κ1) is 11.5. The third-order valence-corrected chi connectivity index (χ3v) is 2.37. The van der Waals surface area contributed by atoms with Crippen molar-refractivity contribution >= 4 is 5.82 Å². The Kier molecular flexibility index (Phi) is 2.79. The summed E-state index contributed by atoms with van der Waals surface area (Å²) in [5.74, 6) is 1.24. The molecular weight excluding hydrogens is 212 g/mol. The maximum Gasteiger partial charge on any atom is 0.136 e. The number of hydrogen-bond acceptors (Lipinski definition) is 4. The fourth-order valence-electron chi connectivity index (χ4n) is 1.46. The normalized spacial score (nSPS) is 11.5. The molecule has 2 heterocycles. The molecule has 0 fully saturated rings. The van der Waals surface area contributed by atoms with Gasteiger partial charge in [-0.3, -0.25) is 4.98 Å². The van der Waals surface area contributed by atoms with E-state index in [-0.39, 0.29) is 5.41 Å².